The van der Waals surface area contributed by atoms with Crippen LogP contribution in [0.5, 0.6) is 0 Å². The third-order valence-electron chi connectivity index (χ3n) is 3.12. The van der Waals surface area contributed by atoms with E-state index in [1.807, 2.05) is 18.4 Å². The predicted octanol–water partition coefficient (Wildman–Crippen LogP) is 3.93. The number of thiophene rings is 1. The lowest BCUT2D eigenvalue weighted by atomic mass is 10.2. The van der Waals surface area contributed by atoms with E-state index < -0.39 is 0 Å². The van der Waals surface area contributed by atoms with E-state index in [-0.39, 0.29) is 16.6 Å². The monoisotopic (exact) mass is 311 g/mol. The van der Waals surface area contributed by atoms with Gasteiger partial charge in [-0.15, -0.1) is 0 Å². The molecule has 1 N–H and O–H groups in total. The molecule has 0 radical (unpaired) electrons. The van der Waals surface area contributed by atoms with Crippen LogP contribution in [-0.4, -0.2) is 9.78 Å². The highest BCUT2D eigenvalue weighted by molar-refractivity contribution is 7.08. The van der Waals surface area contributed by atoms with Gasteiger partial charge in [0, 0.05) is 12.6 Å². The summed E-state index contributed by atoms with van der Waals surface area (Å²) >= 11 is 7.79. The number of rotatable bonds is 6. The summed E-state index contributed by atoms with van der Waals surface area (Å²) < 4.78 is 1.42. The van der Waals surface area contributed by atoms with Gasteiger partial charge in [-0.3, -0.25) is 4.79 Å². The van der Waals surface area contributed by atoms with Gasteiger partial charge in [0.2, 0.25) is 0 Å². The average molecular weight is 312 g/mol. The minimum atomic E-state index is -0.234. The lowest BCUT2D eigenvalue weighted by molar-refractivity contribution is 0.543. The van der Waals surface area contributed by atoms with Crippen LogP contribution in [0.15, 0.2) is 27.8 Å². The summed E-state index contributed by atoms with van der Waals surface area (Å²) in [5, 5.41) is 11.7. The van der Waals surface area contributed by atoms with Gasteiger partial charge in [-0.25, -0.2) is 4.68 Å². The Hall–Kier alpha value is -1.33. The lowest BCUT2D eigenvalue weighted by Gasteiger charge is -2.15. The highest BCUT2D eigenvalue weighted by Crippen LogP contribution is 2.24. The van der Waals surface area contributed by atoms with Crippen LogP contribution < -0.4 is 10.9 Å². The van der Waals surface area contributed by atoms with E-state index in [2.05, 4.69) is 22.7 Å². The molecule has 2 heterocycles. The van der Waals surface area contributed by atoms with Gasteiger partial charge >= 0.3 is 0 Å². The molecule has 0 bridgehead atoms. The van der Waals surface area contributed by atoms with Crippen LogP contribution in [0.1, 0.15) is 38.3 Å². The van der Waals surface area contributed by atoms with E-state index in [0.29, 0.717) is 12.2 Å². The molecule has 2 rings (SSSR count). The predicted molar refractivity (Wildman–Crippen MR) is 84.8 cm³/mol. The fourth-order valence-corrected chi connectivity index (χ4v) is 2.83. The molecule has 2 aromatic heterocycles. The summed E-state index contributed by atoms with van der Waals surface area (Å²) in [5.41, 5.74) is 1.52. The number of nitrogens with one attached hydrogen (secondary N) is 1. The first-order valence-electron chi connectivity index (χ1n) is 6.67. The summed E-state index contributed by atoms with van der Waals surface area (Å²) in [6, 6.07) is 2.14. The molecule has 0 aromatic carbocycles. The average Bonchev–Trinajstić information content (AvgIpc) is 2.97. The fourth-order valence-electron chi connectivity index (χ4n) is 1.87. The fraction of sp³-hybridized carbons (Fsp3) is 0.429. The zero-order valence-corrected chi connectivity index (χ0v) is 13.2. The second kappa shape index (κ2) is 6.90. The summed E-state index contributed by atoms with van der Waals surface area (Å²) in [6.07, 6.45) is 3.56. The standard InChI is InChI=1S/C14H18ClN3OS/c1-3-4-6-18-14(19)13(15)12(8-16-18)17-10(2)11-5-7-20-9-11/h5,7-10,17H,3-4,6H2,1-2H3. The smallest absolute Gasteiger partial charge is 0.287 e. The highest BCUT2D eigenvalue weighted by Gasteiger charge is 2.12. The normalized spacial score (nSPS) is 12.3. The van der Waals surface area contributed by atoms with Crippen molar-refractivity contribution < 1.29 is 0 Å². The SMILES string of the molecule is CCCCn1ncc(NC(C)c2ccsc2)c(Cl)c1=O. The van der Waals surface area contributed by atoms with Crippen molar-refractivity contribution in [2.75, 3.05) is 5.32 Å². The molecular weight excluding hydrogens is 294 g/mol. The molecule has 0 aliphatic carbocycles. The molecule has 20 heavy (non-hydrogen) atoms. The van der Waals surface area contributed by atoms with Crippen LogP contribution in [-0.2, 0) is 6.54 Å². The Morgan fingerprint density at radius 3 is 3.00 bits per heavy atom. The first kappa shape index (κ1) is 15.1. The van der Waals surface area contributed by atoms with Gasteiger partial charge < -0.3 is 5.32 Å². The Morgan fingerprint density at radius 2 is 2.35 bits per heavy atom. The number of anilines is 1. The molecule has 0 spiro atoms. The van der Waals surface area contributed by atoms with Crippen LogP contribution in [0.2, 0.25) is 5.02 Å². The van der Waals surface area contributed by atoms with Crippen molar-refractivity contribution in [2.24, 2.45) is 0 Å². The molecule has 0 amide bonds. The van der Waals surface area contributed by atoms with Gasteiger partial charge in [-0.05, 0) is 35.7 Å². The zero-order valence-electron chi connectivity index (χ0n) is 11.6. The summed E-state index contributed by atoms with van der Waals surface area (Å²) in [7, 11) is 0. The maximum absolute atomic E-state index is 12.1. The Balaban J connectivity index is 2.17. The van der Waals surface area contributed by atoms with Gasteiger partial charge in [0.05, 0.1) is 11.9 Å². The van der Waals surface area contributed by atoms with Gasteiger partial charge in [-0.2, -0.15) is 16.4 Å². The maximum Gasteiger partial charge on any atom is 0.287 e. The van der Waals surface area contributed by atoms with Crippen LogP contribution in [0.25, 0.3) is 0 Å². The lowest BCUT2D eigenvalue weighted by Crippen LogP contribution is -2.24. The van der Waals surface area contributed by atoms with Crippen molar-refractivity contribution in [1.82, 2.24) is 9.78 Å². The van der Waals surface area contributed by atoms with E-state index in [4.69, 9.17) is 11.6 Å². The van der Waals surface area contributed by atoms with Crippen molar-refractivity contribution in [1.29, 1.82) is 0 Å². The zero-order chi connectivity index (χ0) is 14.5. The van der Waals surface area contributed by atoms with E-state index in [0.717, 1.165) is 12.8 Å². The first-order chi connectivity index (χ1) is 9.63. The molecule has 0 aliphatic heterocycles. The van der Waals surface area contributed by atoms with Gasteiger partial charge in [0.15, 0.2) is 0 Å². The molecule has 0 saturated carbocycles. The van der Waals surface area contributed by atoms with Crippen LogP contribution in [0.4, 0.5) is 5.69 Å². The van der Waals surface area contributed by atoms with Crippen LogP contribution in [0, 0.1) is 0 Å². The van der Waals surface area contributed by atoms with Crippen molar-refractivity contribution >= 4 is 28.6 Å². The van der Waals surface area contributed by atoms with E-state index >= 15 is 0 Å². The first-order valence-corrected chi connectivity index (χ1v) is 7.99. The molecule has 1 unspecified atom stereocenters. The third kappa shape index (κ3) is 3.41. The van der Waals surface area contributed by atoms with Gasteiger partial charge in [0.25, 0.3) is 5.56 Å². The van der Waals surface area contributed by atoms with Gasteiger partial charge in [0.1, 0.15) is 5.02 Å². The molecule has 2 aromatic rings. The number of nitrogens with zero attached hydrogens (tertiary/aromatic N) is 2. The third-order valence-corrected chi connectivity index (χ3v) is 4.19. The summed E-state index contributed by atoms with van der Waals surface area (Å²) in [6.45, 7) is 4.71. The van der Waals surface area contributed by atoms with E-state index in [1.165, 1.54) is 10.2 Å². The molecular formula is C14H18ClN3OS. The number of hydrogen-bond donors (Lipinski definition) is 1. The van der Waals surface area contributed by atoms with Crippen LogP contribution in [0.3, 0.4) is 0 Å². The number of unbranched alkanes of at least 4 members (excludes halogenated alkanes) is 1. The number of hydrogen-bond acceptors (Lipinski definition) is 4. The van der Waals surface area contributed by atoms with Crippen molar-refractivity contribution in [3.05, 3.63) is 44.0 Å². The Labute approximate surface area is 127 Å². The van der Waals surface area contributed by atoms with Gasteiger partial charge in [-0.1, -0.05) is 24.9 Å². The summed E-state index contributed by atoms with van der Waals surface area (Å²) in [5.74, 6) is 0. The van der Waals surface area contributed by atoms with Crippen molar-refractivity contribution in [3.63, 3.8) is 0 Å². The Kier molecular flexibility index (Phi) is 5.20. The molecule has 4 nitrogen and oxygen atoms in total. The second-order valence-electron chi connectivity index (χ2n) is 4.68. The second-order valence-corrected chi connectivity index (χ2v) is 5.83. The topological polar surface area (TPSA) is 46.9 Å². The number of halogens is 1. The summed E-state index contributed by atoms with van der Waals surface area (Å²) in [4.78, 5) is 12.1. The minimum absolute atomic E-state index is 0.0893. The Morgan fingerprint density at radius 1 is 1.55 bits per heavy atom. The Bertz CT molecular complexity index is 609. The highest BCUT2D eigenvalue weighted by atomic mass is 35.5. The van der Waals surface area contributed by atoms with E-state index in [1.54, 1.807) is 17.5 Å². The minimum Gasteiger partial charge on any atom is -0.376 e. The molecule has 0 aliphatic rings. The molecule has 0 fully saturated rings. The quantitative estimate of drug-likeness (QED) is 0.879. The molecule has 0 saturated heterocycles. The molecule has 1 atom stereocenters. The van der Waals surface area contributed by atoms with Crippen molar-refractivity contribution in [3.8, 4) is 0 Å². The molecule has 108 valence electrons. The molecule has 6 heteroatoms. The largest absolute Gasteiger partial charge is 0.376 e. The van der Waals surface area contributed by atoms with Crippen LogP contribution >= 0.6 is 22.9 Å². The van der Waals surface area contributed by atoms with Crippen molar-refractivity contribution in [2.45, 2.75) is 39.3 Å². The maximum atomic E-state index is 12.1. The number of aryl methyl sites for hydroxylation is 1. The van der Waals surface area contributed by atoms with E-state index in [9.17, 15) is 4.79 Å². The number of aromatic nitrogens is 2.